The van der Waals surface area contributed by atoms with Crippen molar-refractivity contribution in [2.45, 2.75) is 52.6 Å². The molecule has 0 aliphatic carbocycles. The van der Waals surface area contributed by atoms with Gasteiger partial charge in [0, 0.05) is 0 Å². The molecule has 3 nitrogen and oxygen atoms in total. The van der Waals surface area contributed by atoms with Crippen LogP contribution in [-0.2, 0) is 9.53 Å². The van der Waals surface area contributed by atoms with Crippen molar-refractivity contribution < 1.29 is 14.3 Å². The summed E-state index contributed by atoms with van der Waals surface area (Å²) < 4.78 is 10.8. The molecule has 1 rings (SSSR count). The topological polar surface area (TPSA) is 35.5 Å². The van der Waals surface area contributed by atoms with E-state index in [1.807, 2.05) is 45.0 Å². The zero-order chi connectivity index (χ0) is 14.5. The summed E-state index contributed by atoms with van der Waals surface area (Å²) in [5.74, 6) is 0.837. The second-order valence-corrected chi connectivity index (χ2v) is 5.72. The molecule has 0 N–H and O–H groups in total. The number of hydrogen-bond donors (Lipinski definition) is 0. The van der Waals surface area contributed by atoms with Crippen LogP contribution in [0.25, 0.3) is 0 Å². The van der Waals surface area contributed by atoms with Crippen LogP contribution in [0.15, 0.2) is 24.3 Å². The lowest BCUT2D eigenvalue weighted by Gasteiger charge is -2.20. The SMILES string of the molecule is CCC(C)c1ccccc1OCC(=O)OC(C)(C)C. The Hall–Kier alpha value is -1.51. The van der Waals surface area contributed by atoms with Gasteiger partial charge < -0.3 is 9.47 Å². The molecule has 1 atom stereocenters. The van der Waals surface area contributed by atoms with Gasteiger partial charge in [0.25, 0.3) is 0 Å². The van der Waals surface area contributed by atoms with Crippen molar-refractivity contribution >= 4 is 5.97 Å². The van der Waals surface area contributed by atoms with E-state index in [0.29, 0.717) is 5.92 Å². The summed E-state index contributed by atoms with van der Waals surface area (Å²) in [4.78, 5) is 11.6. The van der Waals surface area contributed by atoms with Crippen molar-refractivity contribution in [1.29, 1.82) is 0 Å². The summed E-state index contributed by atoms with van der Waals surface area (Å²) in [5.41, 5.74) is 0.657. The predicted molar refractivity (Wildman–Crippen MR) is 76.5 cm³/mol. The van der Waals surface area contributed by atoms with E-state index >= 15 is 0 Å². The van der Waals surface area contributed by atoms with Crippen molar-refractivity contribution in [1.82, 2.24) is 0 Å². The molecule has 0 saturated carbocycles. The Morgan fingerprint density at radius 3 is 2.47 bits per heavy atom. The van der Waals surface area contributed by atoms with Gasteiger partial charge >= 0.3 is 5.97 Å². The van der Waals surface area contributed by atoms with E-state index in [0.717, 1.165) is 17.7 Å². The maximum atomic E-state index is 11.6. The molecule has 0 heterocycles. The quantitative estimate of drug-likeness (QED) is 0.756. The lowest BCUT2D eigenvalue weighted by atomic mass is 9.98. The Bertz CT molecular complexity index is 418. The first-order valence-electron chi connectivity index (χ1n) is 6.77. The molecule has 0 saturated heterocycles. The minimum absolute atomic E-state index is 0.0509. The zero-order valence-electron chi connectivity index (χ0n) is 12.5. The molecule has 1 aromatic carbocycles. The van der Waals surface area contributed by atoms with Crippen LogP contribution in [0.1, 0.15) is 52.5 Å². The number of ether oxygens (including phenoxy) is 2. The third kappa shape index (κ3) is 5.33. The first-order chi connectivity index (χ1) is 8.83. The first-order valence-corrected chi connectivity index (χ1v) is 6.77. The van der Waals surface area contributed by atoms with Gasteiger partial charge in [-0.2, -0.15) is 0 Å². The van der Waals surface area contributed by atoms with Gasteiger partial charge in [-0.15, -0.1) is 0 Å². The molecule has 106 valence electrons. The summed E-state index contributed by atoms with van der Waals surface area (Å²) in [6, 6.07) is 7.84. The highest BCUT2D eigenvalue weighted by Gasteiger charge is 2.17. The number of carbonyl (C=O) groups is 1. The number of rotatable bonds is 5. The molecular weight excluding hydrogens is 240 g/mol. The van der Waals surface area contributed by atoms with Crippen molar-refractivity contribution in [2.75, 3.05) is 6.61 Å². The van der Waals surface area contributed by atoms with Crippen LogP contribution in [-0.4, -0.2) is 18.2 Å². The Morgan fingerprint density at radius 1 is 1.26 bits per heavy atom. The number of para-hydroxylation sites is 1. The minimum atomic E-state index is -0.476. The summed E-state index contributed by atoms with van der Waals surface area (Å²) in [6.07, 6.45) is 1.03. The van der Waals surface area contributed by atoms with Crippen LogP contribution >= 0.6 is 0 Å². The third-order valence-electron chi connectivity index (χ3n) is 2.83. The number of carbonyl (C=O) groups excluding carboxylic acids is 1. The summed E-state index contributed by atoms with van der Waals surface area (Å²) in [7, 11) is 0. The molecule has 0 aromatic heterocycles. The monoisotopic (exact) mass is 264 g/mol. The van der Waals surface area contributed by atoms with Crippen molar-refractivity contribution in [3.8, 4) is 5.75 Å². The fraction of sp³-hybridized carbons (Fsp3) is 0.562. The number of benzene rings is 1. The van der Waals surface area contributed by atoms with Crippen LogP contribution in [0.3, 0.4) is 0 Å². The largest absolute Gasteiger partial charge is 0.482 e. The van der Waals surface area contributed by atoms with Crippen LogP contribution in [0, 0.1) is 0 Å². The van der Waals surface area contributed by atoms with E-state index in [1.165, 1.54) is 0 Å². The van der Waals surface area contributed by atoms with E-state index in [9.17, 15) is 4.79 Å². The van der Waals surface area contributed by atoms with E-state index < -0.39 is 5.60 Å². The van der Waals surface area contributed by atoms with Crippen molar-refractivity contribution in [2.24, 2.45) is 0 Å². The van der Waals surface area contributed by atoms with Gasteiger partial charge in [-0.3, -0.25) is 0 Å². The summed E-state index contributed by atoms with van der Waals surface area (Å²) in [5, 5.41) is 0. The summed E-state index contributed by atoms with van der Waals surface area (Å²) >= 11 is 0. The number of esters is 1. The molecule has 3 heteroatoms. The molecule has 0 fully saturated rings. The second kappa shape index (κ2) is 6.60. The second-order valence-electron chi connectivity index (χ2n) is 5.72. The third-order valence-corrected chi connectivity index (χ3v) is 2.83. The van der Waals surface area contributed by atoms with E-state index in [-0.39, 0.29) is 12.6 Å². The van der Waals surface area contributed by atoms with Gasteiger partial charge in [0.15, 0.2) is 6.61 Å². The molecule has 0 spiro atoms. The molecule has 0 aliphatic heterocycles. The highest BCUT2D eigenvalue weighted by molar-refractivity contribution is 5.71. The highest BCUT2D eigenvalue weighted by Crippen LogP contribution is 2.28. The molecular formula is C16H24O3. The summed E-state index contributed by atoms with van der Waals surface area (Å²) in [6.45, 7) is 9.77. The van der Waals surface area contributed by atoms with E-state index in [4.69, 9.17) is 9.47 Å². The minimum Gasteiger partial charge on any atom is -0.482 e. The molecule has 0 aliphatic rings. The normalized spacial score (nSPS) is 12.9. The molecule has 1 unspecified atom stereocenters. The average molecular weight is 264 g/mol. The van der Waals surface area contributed by atoms with Gasteiger partial charge in [-0.25, -0.2) is 4.79 Å². The van der Waals surface area contributed by atoms with Gasteiger partial charge in [0.2, 0.25) is 0 Å². The van der Waals surface area contributed by atoms with Crippen LogP contribution in [0.4, 0.5) is 0 Å². The van der Waals surface area contributed by atoms with Crippen LogP contribution < -0.4 is 4.74 Å². The lowest BCUT2D eigenvalue weighted by Crippen LogP contribution is -2.27. The van der Waals surface area contributed by atoms with E-state index in [2.05, 4.69) is 13.8 Å². The maximum absolute atomic E-state index is 11.6. The molecule has 19 heavy (non-hydrogen) atoms. The maximum Gasteiger partial charge on any atom is 0.344 e. The van der Waals surface area contributed by atoms with Gasteiger partial charge in [0.05, 0.1) is 0 Å². The molecule has 0 bridgehead atoms. The predicted octanol–water partition coefficient (Wildman–Crippen LogP) is 3.92. The van der Waals surface area contributed by atoms with Crippen LogP contribution in [0.2, 0.25) is 0 Å². The van der Waals surface area contributed by atoms with Crippen molar-refractivity contribution in [3.05, 3.63) is 29.8 Å². The zero-order valence-corrected chi connectivity index (χ0v) is 12.5. The lowest BCUT2D eigenvalue weighted by molar-refractivity contribution is -0.157. The smallest absolute Gasteiger partial charge is 0.344 e. The Balaban J connectivity index is 2.65. The van der Waals surface area contributed by atoms with E-state index in [1.54, 1.807) is 0 Å². The molecule has 1 aromatic rings. The van der Waals surface area contributed by atoms with Gasteiger partial charge in [0.1, 0.15) is 11.4 Å². The fourth-order valence-corrected chi connectivity index (χ4v) is 1.75. The number of hydrogen-bond acceptors (Lipinski definition) is 3. The van der Waals surface area contributed by atoms with Crippen LogP contribution in [0.5, 0.6) is 5.75 Å². The average Bonchev–Trinajstić information content (AvgIpc) is 2.33. The Labute approximate surface area is 115 Å². The van der Waals surface area contributed by atoms with Gasteiger partial charge in [-0.1, -0.05) is 32.0 Å². The molecule has 0 radical (unpaired) electrons. The molecule has 0 amide bonds. The first kappa shape index (κ1) is 15.5. The fourth-order valence-electron chi connectivity index (χ4n) is 1.75. The Morgan fingerprint density at radius 2 is 1.89 bits per heavy atom. The standard InChI is InChI=1S/C16H24O3/c1-6-12(2)13-9-7-8-10-14(13)18-11-15(17)19-16(3,4)5/h7-10,12H,6,11H2,1-5H3. The highest BCUT2D eigenvalue weighted by atomic mass is 16.6. The van der Waals surface area contributed by atoms with Crippen molar-refractivity contribution in [3.63, 3.8) is 0 Å². The van der Waals surface area contributed by atoms with Gasteiger partial charge in [-0.05, 0) is 44.7 Å². The Kier molecular flexibility index (Phi) is 5.40.